The highest BCUT2D eigenvalue weighted by Gasteiger charge is 2.33. The lowest BCUT2D eigenvalue weighted by Crippen LogP contribution is -2.33. The maximum atomic E-state index is 12.5. The molecule has 8 heteroatoms. The molecule has 1 fully saturated rings. The van der Waals surface area contributed by atoms with E-state index in [-0.39, 0.29) is 12.5 Å². The minimum absolute atomic E-state index is 0.144. The predicted molar refractivity (Wildman–Crippen MR) is 67.8 cm³/mol. The van der Waals surface area contributed by atoms with E-state index in [2.05, 4.69) is 14.9 Å². The Bertz CT molecular complexity index is 450. The normalized spacial score (nSPS) is 17.2. The zero-order valence-electron chi connectivity index (χ0n) is 10.8. The first-order valence-electron chi connectivity index (χ1n) is 6.42. The lowest BCUT2D eigenvalue weighted by Gasteiger charge is -2.26. The third kappa shape index (κ3) is 4.49. The van der Waals surface area contributed by atoms with Crippen LogP contribution in [0.5, 0.6) is 5.88 Å². The molecule has 0 unspecified atom stereocenters. The molecular weight excluding hydrogens is 295 g/mol. The molecule has 1 aromatic heterocycles. The van der Waals surface area contributed by atoms with Gasteiger partial charge in [-0.25, -0.2) is 4.98 Å². The lowest BCUT2D eigenvalue weighted by molar-refractivity contribution is -0.141. The van der Waals surface area contributed by atoms with Gasteiger partial charge in [-0.1, -0.05) is 6.42 Å². The van der Waals surface area contributed by atoms with Crippen LogP contribution >= 0.6 is 11.6 Å². The zero-order chi connectivity index (χ0) is 14.6. The van der Waals surface area contributed by atoms with Gasteiger partial charge in [0.1, 0.15) is 6.61 Å². The molecule has 0 bridgehead atoms. The molecule has 0 saturated carbocycles. The fourth-order valence-corrected chi connectivity index (χ4v) is 2.25. The highest BCUT2D eigenvalue weighted by molar-refractivity contribution is 6.28. The van der Waals surface area contributed by atoms with Crippen LogP contribution in [0, 0.1) is 0 Å². The molecule has 0 aromatic carbocycles. The van der Waals surface area contributed by atoms with Crippen LogP contribution in [0.25, 0.3) is 0 Å². The van der Waals surface area contributed by atoms with E-state index in [1.165, 1.54) is 6.42 Å². The summed E-state index contributed by atoms with van der Waals surface area (Å²) in [6.07, 6.45) is -1.03. The molecule has 4 nitrogen and oxygen atoms in total. The molecule has 0 N–H and O–H groups in total. The van der Waals surface area contributed by atoms with Crippen molar-refractivity contribution in [2.75, 3.05) is 26.2 Å². The SMILES string of the molecule is FC(F)(F)c1cc(OCCN2CCCCC2)nc(Cl)n1. The summed E-state index contributed by atoms with van der Waals surface area (Å²) >= 11 is 5.47. The number of halogens is 4. The molecule has 0 amide bonds. The van der Waals surface area contributed by atoms with Crippen LogP contribution in [0.1, 0.15) is 25.0 Å². The molecule has 2 heterocycles. The van der Waals surface area contributed by atoms with E-state index >= 15 is 0 Å². The van der Waals surface area contributed by atoms with Crippen molar-refractivity contribution in [1.82, 2.24) is 14.9 Å². The van der Waals surface area contributed by atoms with E-state index < -0.39 is 17.2 Å². The monoisotopic (exact) mass is 309 g/mol. The van der Waals surface area contributed by atoms with Crippen LogP contribution in [-0.4, -0.2) is 41.1 Å². The van der Waals surface area contributed by atoms with Crippen LogP contribution in [0.4, 0.5) is 13.2 Å². The summed E-state index contributed by atoms with van der Waals surface area (Å²) in [5, 5.41) is -0.465. The van der Waals surface area contributed by atoms with Gasteiger partial charge in [0.15, 0.2) is 5.69 Å². The second-order valence-electron chi connectivity index (χ2n) is 4.61. The van der Waals surface area contributed by atoms with Gasteiger partial charge < -0.3 is 4.74 Å². The number of hydrogen-bond donors (Lipinski definition) is 0. The Morgan fingerprint density at radius 2 is 1.90 bits per heavy atom. The van der Waals surface area contributed by atoms with E-state index in [0.29, 0.717) is 6.54 Å². The van der Waals surface area contributed by atoms with Crippen LogP contribution in [0.3, 0.4) is 0 Å². The molecule has 0 aliphatic carbocycles. The third-order valence-electron chi connectivity index (χ3n) is 3.07. The average molecular weight is 310 g/mol. The highest BCUT2D eigenvalue weighted by Crippen LogP contribution is 2.30. The van der Waals surface area contributed by atoms with Crippen molar-refractivity contribution in [2.24, 2.45) is 0 Å². The number of hydrogen-bond acceptors (Lipinski definition) is 4. The van der Waals surface area contributed by atoms with E-state index in [0.717, 1.165) is 32.0 Å². The van der Waals surface area contributed by atoms with Crippen molar-refractivity contribution in [3.8, 4) is 5.88 Å². The van der Waals surface area contributed by atoms with Crippen molar-refractivity contribution in [1.29, 1.82) is 0 Å². The molecule has 1 saturated heterocycles. The minimum Gasteiger partial charge on any atom is -0.476 e. The number of aromatic nitrogens is 2. The molecule has 0 spiro atoms. The van der Waals surface area contributed by atoms with Gasteiger partial charge in [-0.2, -0.15) is 18.2 Å². The molecule has 2 rings (SSSR count). The van der Waals surface area contributed by atoms with Crippen molar-refractivity contribution < 1.29 is 17.9 Å². The lowest BCUT2D eigenvalue weighted by atomic mass is 10.1. The van der Waals surface area contributed by atoms with Gasteiger partial charge in [-0.05, 0) is 37.5 Å². The first-order valence-corrected chi connectivity index (χ1v) is 6.80. The Balaban J connectivity index is 1.90. The molecule has 1 aliphatic rings. The molecule has 1 aromatic rings. The number of alkyl halides is 3. The molecule has 20 heavy (non-hydrogen) atoms. The number of piperidine rings is 1. The summed E-state index contributed by atoms with van der Waals surface area (Å²) in [5.41, 5.74) is -1.09. The van der Waals surface area contributed by atoms with Crippen LogP contribution in [0.2, 0.25) is 5.28 Å². The van der Waals surface area contributed by atoms with Crippen LogP contribution in [-0.2, 0) is 6.18 Å². The van der Waals surface area contributed by atoms with Gasteiger partial charge in [-0.3, -0.25) is 4.90 Å². The second-order valence-corrected chi connectivity index (χ2v) is 4.95. The number of ether oxygens (including phenoxy) is 1. The summed E-state index contributed by atoms with van der Waals surface area (Å²) in [7, 11) is 0. The summed E-state index contributed by atoms with van der Waals surface area (Å²) in [6.45, 7) is 2.96. The molecule has 112 valence electrons. The van der Waals surface area contributed by atoms with Crippen molar-refractivity contribution >= 4 is 11.6 Å². The predicted octanol–water partition coefficient (Wildman–Crippen LogP) is 3.01. The van der Waals surface area contributed by atoms with Gasteiger partial charge in [0, 0.05) is 12.6 Å². The Kier molecular flexibility index (Phi) is 5.04. The second kappa shape index (κ2) is 6.58. The summed E-state index contributed by atoms with van der Waals surface area (Å²) in [4.78, 5) is 9.00. The van der Waals surface area contributed by atoms with Gasteiger partial charge in [0.2, 0.25) is 11.2 Å². The minimum atomic E-state index is -4.56. The fourth-order valence-electron chi connectivity index (χ4n) is 2.08. The van der Waals surface area contributed by atoms with E-state index in [1.54, 1.807) is 0 Å². The number of nitrogens with zero attached hydrogens (tertiary/aromatic N) is 3. The summed E-state index contributed by atoms with van der Waals surface area (Å²) in [6, 6.07) is 0.766. The molecule has 0 atom stereocenters. The van der Waals surface area contributed by atoms with E-state index in [1.807, 2.05) is 0 Å². The third-order valence-corrected chi connectivity index (χ3v) is 3.24. The standard InChI is InChI=1S/C12H15ClF3N3O/c13-11-17-9(12(14,15)16)8-10(18-11)20-7-6-19-4-2-1-3-5-19/h8H,1-7H2. The first-order chi connectivity index (χ1) is 9.45. The highest BCUT2D eigenvalue weighted by atomic mass is 35.5. The smallest absolute Gasteiger partial charge is 0.433 e. The van der Waals surface area contributed by atoms with Crippen LogP contribution in [0.15, 0.2) is 6.07 Å². The Hall–Kier alpha value is -1.08. The Labute approximate surface area is 119 Å². The molecular formula is C12H15ClF3N3O. The zero-order valence-corrected chi connectivity index (χ0v) is 11.5. The maximum Gasteiger partial charge on any atom is 0.433 e. The Morgan fingerprint density at radius 3 is 2.55 bits per heavy atom. The van der Waals surface area contributed by atoms with Crippen molar-refractivity contribution in [2.45, 2.75) is 25.4 Å². The van der Waals surface area contributed by atoms with Gasteiger partial charge in [0.05, 0.1) is 0 Å². The number of likely N-dealkylation sites (tertiary alicyclic amines) is 1. The van der Waals surface area contributed by atoms with Gasteiger partial charge >= 0.3 is 6.18 Å². The van der Waals surface area contributed by atoms with Crippen LogP contribution < -0.4 is 4.74 Å². The number of rotatable bonds is 4. The molecule has 1 aliphatic heterocycles. The average Bonchev–Trinajstić information content (AvgIpc) is 2.38. The summed E-state index contributed by atoms with van der Waals surface area (Å²) < 4.78 is 42.9. The Morgan fingerprint density at radius 1 is 1.20 bits per heavy atom. The van der Waals surface area contributed by atoms with Crippen molar-refractivity contribution in [3.63, 3.8) is 0 Å². The summed E-state index contributed by atoms with van der Waals surface area (Å²) in [5.74, 6) is -0.144. The first kappa shape index (κ1) is 15.3. The quantitative estimate of drug-likeness (QED) is 0.801. The molecule has 0 radical (unpaired) electrons. The van der Waals surface area contributed by atoms with Gasteiger partial charge in [0.25, 0.3) is 0 Å². The largest absolute Gasteiger partial charge is 0.476 e. The van der Waals surface area contributed by atoms with E-state index in [9.17, 15) is 13.2 Å². The van der Waals surface area contributed by atoms with Crippen molar-refractivity contribution in [3.05, 3.63) is 17.0 Å². The maximum absolute atomic E-state index is 12.5. The topological polar surface area (TPSA) is 38.2 Å². The van der Waals surface area contributed by atoms with Gasteiger partial charge in [-0.15, -0.1) is 0 Å². The van der Waals surface area contributed by atoms with E-state index in [4.69, 9.17) is 16.3 Å². The fraction of sp³-hybridized carbons (Fsp3) is 0.667.